The summed E-state index contributed by atoms with van der Waals surface area (Å²) >= 11 is 0. The molecule has 0 saturated carbocycles. The van der Waals surface area contributed by atoms with Crippen LogP contribution in [0.3, 0.4) is 0 Å². The maximum absolute atomic E-state index is 13.9. The fraction of sp³-hybridized carbons (Fsp3) is 0.121. The Morgan fingerprint density at radius 3 is 2.44 bits per heavy atom. The van der Waals surface area contributed by atoms with Crippen LogP contribution < -0.4 is 10.2 Å². The lowest BCUT2D eigenvalue weighted by Crippen LogP contribution is -2.30. The van der Waals surface area contributed by atoms with E-state index in [9.17, 15) is 9.59 Å². The average molecular weight is 513 g/mol. The lowest BCUT2D eigenvalue weighted by atomic mass is 9.99. The summed E-state index contributed by atoms with van der Waals surface area (Å²) in [6, 6.07) is 31.5. The first-order valence-electron chi connectivity index (χ1n) is 13.0. The van der Waals surface area contributed by atoms with Gasteiger partial charge in [0.25, 0.3) is 11.8 Å². The predicted molar refractivity (Wildman–Crippen MR) is 153 cm³/mol. The van der Waals surface area contributed by atoms with Crippen molar-refractivity contribution in [2.75, 3.05) is 4.90 Å². The van der Waals surface area contributed by atoms with Crippen LogP contribution in [0.5, 0.6) is 0 Å². The minimum Gasteiger partial charge on any atom is -0.347 e. The van der Waals surface area contributed by atoms with Crippen molar-refractivity contribution in [2.45, 2.75) is 26.6 Å². The van der Waals surface area contributed by atoms with E-state index in [2.05, 4.69) is 29.4 Å². The number of aromatic nitrogens is 2. The Morgan fingerprint density at radius 2 is 1.64 bits per heavy atom. The van der Waals surface area contributed by atoms with Crippen molar-refractivity contribution in [3.05, 3.63) is 143 Å². The van der Waals surface area contributed by atoms with Crippen LogP contribution in [0.1, 0.15) is 43.2 Å². The molecular weight excluding hydrogens is 484 g/mol. The molecule has 192 valence electrons. The molecule has 6 nitrogen and oxygen atoms in total. The summed E-state index contributed by atoms with van der Waals surface area (Å²) < 4.78 is 2.01. The molecule has 0 radical (unpaired) electrons. The van der Waals surface area contributed by atoms with Crippen LogP contribution in [0.4, 0.5) is 5.69 Å². The lowest BCUT2D eigenvalue weighted by Gasteiger charge is -2.23. The molecule has 1 N–H and O–H groups in total. The molecule has 6 rings (SSSR count). The van der Waals surface area contributed by atoms with Gasteiger partial charge in [0, 0.05) is 35.9 Å². The van der Waals surface area contributed by atoms with Crippen molar-refractivity contribution in [2.24, 2.45) is 0 Å². The molecule has 39 heavy (non-hydrogen) atoms. The van der Waals surface area contributed by atoms with Gasteiger partial charge in [-0.1, -0.05) is 60.7 Å². The van der Waals surface area contributed by atoms with Crippen LogP contribution in [-0.4, -0.2) is 21.4 Å². The SMILES string of the molecule is Cc1ccccc1-c1ccc(C(=O)N2Cc3ccc(C(=O)NCc4cccnc4)n3Cc3ccccc32)cc1. The second-order valence-electron chi connectivity index (χ2n) is 9.75. The van der Waals surface area contributed by atoms with Crippen molar-refractivity contribution in [3.8, 4) is 11.1 Å². The number of aryl methyl sites for hydroxylation is 1. The van der Waals surface area contributed by atoms with Crippen LogP contribution in [-0.2, 0) is 19.6 Å². The third-order valence-corrected chi connectivity index (χ3v) is 7.24. The Morgan fingerprint density at radius 1 is 0.846 bits per heavy atom. The second kappa shape index (κ2) is 10.4. The number of anilines is 1. The monoisotopic (exact) mass is 512 g/mol. The summed E-state index contributed by atoms with van der Waals surface area (Å²) in [4.78, 5) is 32.9. The van der Waals surface area contributed by atoms with Crippen LogP contribution in [0.2, 0.25) is 0 Å². The van der Waals surface area contributed by atoms with Gasteiger partial charge in [-0.05, 0) is 71.1 Å². The zero-order chi connectivity index (χ0) is 26.8. The number of benzene rings is 3. The Kier molecular flexibility index (Phi) is 6.51. The van der Waals surface area contributed by atoms with Gasteiger partial charge in [0.15, 0.2) is 0 Å². The second-order valence-corrected chi connectivity index (χ2v) is 9.75. The maximum Gasteiger partial charge on any atom is 0.268 e. The molecule has 0 bridgehead atoms. The van der Waals surface area contributed by atoms with Gasteiger partial charge >= 0.3 is 0 Å². The molecule has 2 amide bonds. The summed E-state index contributed by atoms with van der Waals surface area (Å²) in [7, 11) is 0. The van der Waals surface area contributed by atoms with Crippen molar-refractivity contribution in [3.63, 3.8) is 0 Å². The van der Waals surface area contributed by atoms with E-state index < -0.39 is 0 Å². The van der Waals surface area contributed by atoms with Gasteiger partial charge in [-0.3, -0.25) is 14.6 Å². The molecule has 0 unspecified atom stereocenters. The Bertz CT molecular complexity index is 1660. The van der Waals surface area contributed by atoms with E-state index >= 15 is 0 Å². The first-order chi connectivity index (χ1) is 19.1. The standard InChI is InChI=1S/C33H28N4O2/c1-23-7-2-4-10-29(23)25-12-14-26(15-13-25)33(39)37-22-28-16-17-31(32(38)35-20-24-8-6-18-34-19-24)36(28)21-27-9-3-5-11-30(27)37/h2-19H,20-22H2,1H3,(H,35,38). The smallest absolute Gasteiger partial charge is 0.268 e. The van der Waals surface area contributed by atoms with Crippen molar-refractivity contribution in [1.82, 2.24) is 14.9 Å². The van der Waals surface area contributed by atoms with Crippen LogP contribution in [0.15, 0.2) is 109 Å². The fourth-order valence-corrected chi connectivity index (χ4v) is 5.16. The number of para-hydroxylation sites is 1. The first-order valence-corrected chi connectivity index (χ1v) is 13.0. The van der Waals surface area contributed by atoms with Crippen molar-refractivity contribution >= 4 is 17.5 Å². The van der Waals surface area contributed by atoms with Crippen molar-refractivity contribution in [1.29, 1.82) is 0 Å². The van der Waals surface area contributed by atoms with E-state index in [1.807, 2.05) is 94.4 Å². The zero-order valence-corrected chi connectivity index (χ0v) is 21.7. The number of amides is 2. The number of hydrogen-bond donors (Lipinski definition) is 1. The molecule has 3 aromatic carbocycles. The lowest BCUT2D eigenvalue weighted by molar-refractivity contribution is 0.0941. The van der Waals surface area contributed by atoms with Crippen LogP contribution in [0, 0.1) is 6.92 Å². The Balaban J connectivity index is 1.28. The molecule has 0 aliphatic carbocycles. The zero-order valence-electron chi connectivity index (χ0n) is 21.7. The molecule has 2 aromatic heterocycles. The molecule has 1 aliphatic rings. The minimum atomic E-state index is -0.158. The molecule has 6 heteroatoms. The maximum atomic E-state index is 13.9. The Hall–Kier alpha value is -4.97. The molecule has 0 fully saturated rings. The molecule has 5 aromatic rings. The van der Waals surface area contributed by atoms with Crippen LogP contribution >= 0.6 is 0 Å². The number of carbonyl (C=O) groups is 2. The van der Waals surface area contributed by atoms with Gasteiger partial charge in [0.05, 0.1) is 13.1 Å². The third-order valence-electron chi connectivity index (χ3n) is 7.24. The van der Waals surface area contributed by atoms with Gasteiger partial charge < -0.3 is 14.8 Å². The minimum absolute atomic E-state index is 0.0731. The number of carbonyl (C=O) groups excluding carboxylic acids is 2. The number of rotatable bonds is 5. The molecular formula is C33H28N4O2. The third kappa shape index (κ3) is 4.84. The summed E-state index contributed by atoms with van der Waals surface area (Å²) in [5, 5.41) is 3.00. The molecule has 0 atom stereocenters. The molecule has 3 heterocycles. The number of pyridine rings is 1. The first kappa shape index (κ1) is 24.4. The topological polar surface area (TPSA) is 67.2 Å². The summed E-state index contributed by atoms with van der Waals surface area (Å²) in [6.07, 6.45) is 3.45. The normalized spacial score (nSPS) is 12.3. The highest BCUT2D eigenvalue weighted by atomic mass is 16.2. The highest BCUT2D eigenvalue weighted by Gasteiger charge is 2.27. The Labute approximate surface area is 227 Å². The number of fused-ring (bicyclic) bond motifs is 2. The fourth-order valence-electron chi connectivity index (χ4n) is 5.16. The van der Waals surface area contributed by atoms with E-state index in [0.717, 1.165) is 33.6 Å². The highest BCUT2D eigenvalue weighted by molar-refractivity contribution is 6.07. The van der Waals surface area contributed by atoms with E-state index in [1.165, 1.54) is 5.56 Å². The molecule has 0 saturated heterocycles. The van der Waals surface area contributed by atoms with E-state index in [4.69, 9.17) is 0 Å². The summed E-state index contributed by atoms with van der Waals surface area (Å²) in [6.45, 7) is 3.35. The van der Waals surface area contributed by atoms with Gasteiger partial charge in [0.2, 0.25) is 0 Å². The van der Waals surface area contributed by atoms with Gasteiger partial charge in [-0.2, -0.15) is 0 Å². The van der Waals surface area contributed by atoms with Crippen LogP contribution in [0.25, 0.3) is 11.1 Å². The van der Waals surface area contributed by atoms with Gasteiger partial charge in [0.1, 0.15) is 5.69 Å². The number of hydrogen-bond acceptors (Lipinski definition) is 3. The summed E-state index contributed by atoms with van der Waals surface area (Å²) in [5.41, 5.74) is 8.30. The molecule has 1 aliphatic heterocycles. The van der Waals surface area contributed by atoms with E-state index in [1.54, 1.807) is 12.4 Å². The quantitative estimate of drug-likeness (QED) is 0.314. The number of nitrogens with one attached hydrogen (secondary N) is 1. The van der Waals surface area contributed by atoms with E-state index in [0.29, 0.717) is 30.9 Å². The predicted octanol–water partition coefficient (Wildman–Crippen LogP) is 6.00. The highest BCUT2D eigenvalue weighted by Crippen LogP contribution is 2.31. The summed E-state index contributed by atoms with van der Waals surface area (Å²) in [5.74, 6) is -0.231. The van der Waals surface area contributed by atoms with Gasteiger partial charge in [-0.15, -0.1) is 0 Å². The average Bonchev–Trinajstić information content (AvgIpc) is 3.29. The molecule has 0 spiro atoms. The largest absolute Gasteiger partial charge is 0.347 e. The van der Waals surface area contributed by atoms with Gasteiger partial charge in [-0.25, -0.2) is 0 Å². The van der Waals surface area contributed by atoms with E-state index in [-0.39, 0.29) is 11.8 Å². The number of nitrogens with zero attached hydrogens (tertiary/aromatic N) is 3. The van der Waals surface area contributed by atoms with Crippen molar-refractivity contribution < 1.29 is 9.59 Å².